The van der Waals surface area contributed by atoms with Crippen LogP contribution in [0.15, 0.2) is 83.8 Å². The molecule has 8 heteroatoms. The molecule has 3 N–H and O–H groups in total. The number of benzene rings is 3. The Bertz CT molecular complexity index is 1190. The van der Waals surface area contributed by atoms with Gasteiger partial charge in [-0.3, -0.25) is 4.79 Å². The molecule has 1 fully saturated rings. The number of nitrogens with one attached hydrogen (secondary N) is 3. The number of carbonyl (C=O) groups is 1. The van der Waals surface area contributed by atoms with E-state index in [0.717, 1.165) is 18.5 Å². The number of rotatable bonds is 9. The van der Waals surface area contributed by atoms with Crippen molar-refractivity contribution in [3.63, 3.8) is 0 Å². The van der Waals surface area contributed by atoms with E-state index in [1.807, 2.05) is 42.5 Å². The minimum Gasteiger partial charge on any atom is -0.379 e. The van der Waals surface area contributed by atoms with Gasteiger partial charge in [0.25, 0.3) is 5.91 Å². The first-order valence-electron chi connectivity index (χ1n) is 11.3. The average molecular weight is 480 g/mol. The van der Waals surface area contributed by atoms with Crippen LogP contribution in [0.5, 0.6) is 0 Å². The Hall–Kier alpha value is -3.20. The fourth-order valence-corrected chi connectivity index (χ4v) is 4.87. The van der Waals surface area contributed by atoms with Gasteiger partial charge in [0.2, 0.25) is 10.0 Å². The molecule has 0 spiro atoms. The van der Waals surface area contributed by atoms with Crippen molar-refractivity contribution in [2.75, 3.05) is 23.8 Å². The third kappa shape index (κ3) is 6.22. The Balaban J connectivity index is 1.32. The van der Waals surface area contributed by atoms with Gasteiger partial charge in [-0.25, -0.2) is 13.1 Å². The van der Waals surface area contributed by atoms with Gasteiger partial charge in [-0.05, 0) is 73.9 Å². The van der Waals surface area contributed by atoms with Crippen LogP contribution in [-0.2, 0) is 14.8 Å². The molecular formula is C26H29N3O4S. The third-order valence-electron chi connectivity index (χ3n) is 5.78. The molecule has 2 unspecified atom stereocenters. The molecule has 178 valence electrons. The summed E-state index contributed by atoms with van der Waals surface area (Å²) in [5, 5.41) is 6.28. The van der Waals surface area contributed by atoms with Crippen LogP contribution in [-0.4, -0.2) is 33.6 Å². The first-order valence-corrected chi connectivity index (χ1v) is 12.8. The molecule has 0 bridgehead atoms. The van der Waals surface area contributed by atoms with Crippen molar-refractivity contribution in [1.29, 1.82) is 0 Å². The first-order chi connectivity index (χ1) is 16.4. The summed E-state index contributed by atoms with van der Waals surface area (Å²) >= 11 is 0. The van der Waals surface area contributed by atoms with E-state index in [2.05, 4.69) is 34.4 Å². The van der Waals surface area contributed by atoms with Gasteiger partial charge in [-0.2, -0.15) is 0 Å². The Morgan fingerprint density at radius 2 is 1.65 bits per heavy atom. The topological polar surface area (TPSA) is 96.5 Å². The summed E-state index contributed by atoms with van der Waals surface area (Å²) < 4.78 is 33.0. The van der Waals surface area contributed by atoms with Gasteiger partial charge in [0.15, 0.2) is 0 Å². The molecule has 0 saturated carbocycles. The Labute approximate surface area is 200 Å². The molecule has 1 aliphatic heterocycles. The second-order valence-electron chi connectivity index (χ2n) is 8.32. The van der Waals surface area contributed by atoms with Crippen molar-refractivity contribution < 1.29 is 17.9 Å². The molecule has 4 rings (SSSR count). The van der Waals surface area contributed by atoms with Crippen LogP contribution >= 0.6 is 0 Å². The fourth-order valence-electron chi connectivity index (χ4n) is 3.80. The van der Waals surface area contributed by atoms with Crippen LogP contribution in [0.2, 0.25) is 0 Å². The fraction of sp³-hybridized carbons (Fsp3) is 0.269. The summed E-state index contributed by atoms with van der Waals surface area (Å²) in [4.78, 5) is 12.7. The number of sulfonamides is 1. The maximum absolute atomic E-state index is 12.6. The zero-order valence-electron chi connectivity index (χ0n) is 19.0. The quantitative estimate of drug-likeness (QED) is 0.418. The maximum Gasteiger partial charge on any atom is 0.255 e. The molecule has 1 amide bonds. The molecular weight excluding hydrogens is 450 g/mol. The number of amides is 1. The Morgan fingerprint density at radius 1 is 0.971 bits per heavy atom. The van der Waals surface area contributed by atoms with Crippen LogP contribution in [0, 0.1) is 0 Å². The normalized spacial score (nSPS) is 16.7. The maximum atomic E-state index is 12.6. The lowest BCUT2D eigenvalue weighted by atomic mass is 10.1. The highest BCUT2D eigenvalue weighted by Gasteiger charge is 2.20. The van der Waals surface area contributed by atoms with Crippen molar-refractivity contribution in [3.8, 4) is 0 Å². The molecule has 7 nitrogen and oxygen atoms in total. The number of hydrogen-bond acceptors (Lipinski definition) is 5. The molecule has 1 heterocycles. The van der Waals surface area contributed by atoms with Crippen LogP contribution in [0.1, 0.15) is 41.7 Å². The van der Waals surface area contributed by atoms with Crippen molar-refractivity contribution in [2.45, 2.75) is 36.8 Å². The Kier molecular flexibility index (Phi) is 7.62. The van der Waals surface area contributed by atoms with Crippen LogP contribution in [0.25, 0.3) is 0 Å². The highest BCUT2D eigenvalue weighted by molar-refractivity contribution is 7.89. The lowest BCUT2D eigenvalue weighted by Gasteiger charge is -2.16. The predicted molar refractivity (Wildman–Crippen MR) is 133 cm³/mol. The van der Waals surface area contributed by atoms with Crippen molar-refractivity contribution in [3.05, 3.63) is 90.0 Å². The van der Waals surface area contributed by atoms with Crippen molar-refractivity contribution in [1.82, 2.24) is 4.72 Å². The highest BCUT2D eigenvalue weighted by Crippen LogP contribution is 2.21. The van der Waals surface area contributed by atoms with E-state index in [1.165, 1.54) is 29.8 Å². The molecule has 3 aromatic carbocycles. The molecule has 2 atom stereocenters. The molecule has 3 aromatic rings. The van der Waals surface area contributed by atoms with Crippen LogP contribution in [0.3, 0.4) is 0 Å². The van der Waals surface area contributed by atoms with E-state index in [0.29, 0.717) is 17.9 Å². The zero-order valence-corrected chi connectivity index (χ0v) is 19.8. The van der Waals surface area contributed by atoms with E-state index >= 15 is 0 Å². The number of carbonyl (C=O) groups excluding carboxylic acids is 1. The van der Waals surface area contributed by atoms with Gasteiger partial charge >= 0.3 is 0 Å². The largest absolute Gasteiger partial charge is 0.379 e. The van der Waals surface area contributed by atoms with Gasteiger partial charge in [-0.15, -0.1) is 0 Å². The van der Waals surface area contributed by atoms with Crippen LogP contribution in [0.4, 0.5) is 11.4 Å². The lowest BCUT2D eigenvalue weighted by molar-refractivity contribution is 0.102. The summed E-state index contributed by atoms with van der Waals surface area (Å²) in [6, 6.07) is 23.7. The summed E-state index contributed by atoms with van der Waals surface area (Å²) in [7, 11) is -3.65. The third-order valence-corrected chi connectivity index (χ3v) is 7.22. The highest BCUT2D eigenvalue weighted by atomic mass is 32.2. The van der Waals surface area contributed by atoms with Gasteiger partial charge in [-0.1, -0.05) is 30.3 Å². The van der Waals surface area contributed by atoms with Crippen LogP contribution < -0.4 is 15.4 Å². The van der Waals surface area contributed by atoms with Gasteiger partial charge < -0.3 is 15.4 Å². The summed E-state index contributed by atoms with van der Waals surface area (Å²) in [5.41, 5.74) is 3.16. The van der Waals surface area contributed by atoms with E-state index < -0.39 is 10.0 Å². The number of anilines is 2. The van der Waals surface area contributed by atoms with Crippen molar-refractivity contribution >= 4 is 27.3 Å². The second-order valence-corrected chi connectivity index (χ2v) is 10.1. The molecule has 1 aliphatic rings. The summed E-state index contributed by atoms with van der Waals surface area (Å²) in [6.45, 7) is 3.01. The summed E-state index contributed by atoms with van der Waals surface area (Å²) in [5.74, 6) is -0.311. The van der Waals surface area contributed by atoms with Crippen molar-refractivity contribution in [2.24, 2.45) is 0 Å². The van der Waals surface area contributed by atoms with E-state index in [9.17, 15) is 13.2 Å². The Morgan fingerprint density at radius 3 is 2.29 bits per heavy atom. The summed E-state index contributed by atoms with van der Waals surface area (Å²) in [6.07, 6.45) is 1.72. The average Bonchev–Trinajstić information content (AvgIpc) is 3.38. The standard InChI is InChI=1S/C26H29N3O4S/c1-19(20-6-3-2-4-7-20)28-22-11-13-23(14-12-22)29-26(30)21-9-15-25(16-10-21)34(31,32)27-18-24-8-5-17-33-24/h2-4,6-7,9-16,19,24,27-28H,5,8,17-18H2,1H3,(H,29,30). The minimum absolute atomic E-state index is 0.0806. The zero-order chi connectivity index (χ0) is 24.0. The number of hydrogen-bond donors (Lipinski definition) is 3. The lowest BCUT2D eigenvalue weighted by Crippen LogP contribution is -2.31. The molecule has 0 radical (unpaired) electrons. The first kappa shape index (κ1) is 23.9. The molecule has 0 aromatic heterocycles. The molecule has 0 aliphatic carbocycles. The second kappa shape index (κ2) is 10.8. The predicted octanol–water partition coefficient (Wildman–Crippen LogP) is 4.57. The SMILES string of the molecule is CC(Nc1ccc(NC(=O)c2ccc(S(=O)(=O)NCC3CCCO3)cc2)cc1)c1ccccc1. The van der Waals surface area contributed by atoms with Gasteiger partial charge in [0.1, 0.15) is 0 Å². The van der Waals surface area contributed by atoms with Gasteiger partial charge in [0.05, 0.1) is 11.0 Å². The molecule has 1 saturated heterocycles. The molecule has 34 heavy (non-hydrogen) atoms. The van der Waals surface area contributed by atoms with Gasteiger partial charge in [0, 0.05) is 36.1 Å². The van der Waals surface area contributed by atoms with E-state index in [4.69, 9.17) is 4.74 Å². The monoisotopic (exact) mass is 479 g/mol. The number of ether oxygens (including phenoxy) is 1. The van der Waals surface area contributed by atoms with E-state index in [-0.39, 0.29) is 29.5 Å². The smallest absolute Gasteiger partial charge is 0.255 e. The van der Waals surface area contributed by atoms with E-state index in [1.54, 1.807) is 0 Å². The minimum atomic E-state index is -3.65.